The standard InChI is InChI=1S/C18H16N4O4/c19-9-14-18(21-5-4-20-14)26-13-3-6-22(10-13)17(23)8-12-1-2-15-16(7-12)25-11-24-15/h1-2,4-5,7,13H,3,6,8,10-11H2. The molecule has 132 valence electrons. The number of ether oxygens (including phenoxy) is 3. The molecule has 8 heteroatoms. The number of fused-ring (bicyclic) bond motifs is 1. The van der Waals surface area contributed by atoms with Crippen molar-refractivity contribution in [2.45, 2.75) is 18.9 Å². The summed E-state index contributed by atoms with van der Waals surface area (Å²) in [4.78, 5) is 22.3. The lowest BCUT2D eigenvalue weighted by Crippen LogP contribution is -2.32. The molecule has 0 radical (unpaired) electrons. The fourth-order valence-electron chi connectivity index (χ4n) is 3.03. The zero-order valence-corrected chi connectivity index (χ0v) is 13.9. The molecule has 2 aliphatic rings. The first kappa shape index (κ1) is 16.1. The maximum atomic E-state index is 12.6. The molecule has 1 fully saturated rings. The highest BCUT2D eigenvalue weighted by atomic mass is 16.7. The van der Waals surface area contributed by atoms with E-state index in [1.54, 1.807) is 4.90 Å². The summed E-state index contributed by atoms with van der Waals surface area (Å²) in [5, 5.41) is 9.05. The third-order valence-electron chi connectivity index (χ3n) is 4.34. The second kappa shape index (κ2) is 6.88. The van der Waals surface area contributed by atoms with E-state index in [0.717, 1.165) is 5.56 Å². The quantitative estimate of drug-likeness (QED) is 0.818. The molecule has 0 spiro atoms. The smallest absolute Gasteiger partial charge is 0.251 e. The molecule has 8 nitrogen and oxygen atoms in total. The summed E-state index contributed by atoms with van der Waals surface area (Å²) in [5.74, 6) is 1.61. The Morgan fingerprint density at radius 1 is 1.31 bits per heavy atom. The Balaban J connectivity index is 1.36. The molecule has 0 N–H and O–H groups in total. The highest BCUT2D eigenvalue weighted by Crippen LogP contribution is 2.32. The number of carbonyl (C=O) groups excluding carboxylic acids is 1. The number of rotatable bonds is 4. The minimum Gasteiger partial charge on any atom is -0.470 e. The van der Waals surface area contributed by atoms with Crippen LogP contribution in [0.15, 0.2) is 30.6 Å². The van der Waals surface area contributed by atoms with Gasteiger partial charge in [0.05, 0.1) is 13.0 Å². The average molecular weight is 352 g/mol. The van der Waals surface area contributed by atoms with Crippen LogP contribution in [-0.4, -0.2) is 46.8 Å². The second-order valence-corrected chi connectivity index (χ2v) is 6.05. The van der Waals surface area contributed by atoms with Gasteiger partial charge in [-0.2, -0.15) is 5.26 Å². The molecule has 1 saturated heterocycles. The van der Waals surface area contributed by atoms with Crippen LogP contribution in [0.1, 0.15) is 17.7 Å². The summed E-state index contributed by atoms with van der Waals surface area (Å²) in [7, 11) is 0. The zero-order chi connectivity index (χ0) is 17.9. The van der Waals surface area contributed by atoms with Gasteiger partial charge in [-0.3, -0.25) is 4.79 Å². The minimum atomic E-state index is -0.195. The SMILES string of the molecule is N#Cc1nccnc1OC1CCN(C(=O)Cc2ccc3c(c2)OCO3)C1. The lowest BCUT2D eigenvalue weighted by molar-refractivity contribution is -0.129. The Bertz CT molecular complexity index is 880. The number of nitriles is 1. The van der Waals surface area contributed by atoms with Crippen LogP contribution in [0.4, 0.5) is 0 Å². The highest BCUT2D eigenvalue weighted by molar-refractivity contribution is 5.79. The van der Waals surface area contributed by atoms with Crippen molar-refractivity contribution in [2.24, 2.45) is 0 Å². The van der Waals surface area contributed by atoms with E-state index < -0.39 is 0 Å². The lowest BCUT2D eigenvalue weighted by atomic mass is 10.1. The van der Waals surface area contributed by atoms with Gasteiger partial charge in [-0.05, 0) is 17.7 Å². The fourth-order valence-corrected chi connectivity index (χ4v) is 3.03. The number of nitrogens with zero attached hydrogens (tertiary/aromatic N) is 4. The molecule has 1 aromatic carbocycles. The number of hydrogen-bond donors (Lipinski definition) is 0. The van der Waals surface area contributed by atoms with Gasteiger partial charge in [0.15, 0.2) is 11.5 Å². The summed E-state index contributed by atoms with van der Waals surface area (Å²) >= 11 is 0. The molecule has 2 aliphatic heterocycles. The van der Waals surface area contributed by atoms with Gasteiger partial charge in [0.1, 0.15) is 12.2 Å². The number of carbonyl (C=O) groups is 1. The first-order valence-electron chi connectivity index (χ1n) is 8.27. The van der Waals surface area contributed by atoms with Crippen LogP contribution in [-0.2, 0) is 11.2 Å². The van der Waals surface area contributed by atoms with Crippen LogP contribution < -0.4 is 14.2 Å². The summed E-state index contributed by atoms with van der Waals surface area (Å²) in [6.07, 6.45) is 3.71. The van der Waals surface area contributed by atoms with Crippen molar-refractivity contribution in [1.82, 2.24) is 14.9 Å². The molecule has 2 aromatic rings. The van der Waals surface area contributed by atoms with Gasteiger partial charge in [-0.25, -0.2) is 9.97 Å². The van der Waals surface area contributed by atoms with Crippen molar-refractivity contribution in [3.63, 3.8) is 0 Å². The molecule has 1 unspecified atom stereocenters. The average Bonchev–Trinajstić information content (AvgIpc) is 3.31. The molecule has 1 amide bonds. The van der Waals surface area contributed by atoms with Crippen molar-refractivity contribution < 1.29 is 19.0 Å². The van der Waals surface area contributed by atoms with Crippen LogP contribution in [0, 0.1) is 11.3 Å². The van der Waals surface area contributed by atoms with Crippen molar-refractivity contribution in [3.8, 4) is 23.4 Å². The molecular formula is C18H16N4O4. The second-order valence-electron chi connectivity index (χ2n) is 6.05. The molecular weight excluding hydrogens is 336 g/mol. The van der Waals surface area contributed by atoms with E-state index in [-0.39, 0.29) is 36.8 Å². The lowest BCUT2D eigenvalue weighted by Gasteiger charge is -2.17. The first-order chi connectivity index (χ1) is 12.7. The molecule has 4 rings (SSSR count). The molecule has 0 bridgehead atoms. The molecule has 26 heavy (non-hydrogen) atoms. The van der Waals surface area contributed by atoms with E-state index in [2.05, 4.69) is 9.97 Å². The zero-order valence-electron chi connectivity index (χ0n) is 13.9. The van der Waals surface area contributed by atoms with Gasteiger partial charge < -0.3 is 19.1 Å². The van der Waals surface area contributed by atoms with Gasteiger partial charge in [0, 0.05) is 25.4 Å². The van der Waals surface area contributed by atoms with E-state index in [1.807, 2.05) is 24.3 Å². The van der Waals surface area contributed by atoms with Crippen LogP contribution >= 0.6 is 0 Å². The Kier molecular flexibility index (Phi) is 4.27. The van der Waals surface area contributed by atoms with Crippen LogP contribution in [0.5, 0.6) is 17.4 Å². The third kappa shape index (κ3) is 3.24. The summed E-state index contributed by atoms with van der Waals surface area (Å²) in [6, 6.07) is 7.48. The third-order valence-corrected chi connectivity index (χ3v) is 4.34. The molecule has 0 saturated carbocycles. The Morgan fingerprint density at radius 3 is 3.04 bits per heavy atom. The molecule has 0 aliphatic carbocycles. The maximum Gasteiger partial charge on any atom is 0.251 e. The monoisotopic (exact) mass is 352 g/mol. The van der Waals surface area contributed by atoms with Crippen LogP contribution in [0.25, 0.3) is 0 Å². The number of likely N-dealkylation sites (tertiary alicyclic amines) is 1. The molecule has 1 atom stereocenters. The summed E-state index contributed by atoms with van der Waals surface area (Å²) in [5.41, 5.74) is 1.03. The number of aromatic nitrogens is 2. The maximum absolute atomic E-state index is 12.6. The predicted molar refractivity (Wildman–Crippen MR) is 88.6 cm³/mol. The first-order valence-corrected chi connectivity index (χ1v) is 8.27. The van der Waals surface area contributed by atoms with Crippen molar-refractivity contribution in [1.29, 1.82) is 5.26 Å². The van der Waals surface area contributed by atoms with E-state index in [1.165, 1.54) is 12.4 Å². The Morgan fingerprint density at radius 2 is 2.15 bits per heavy atom. The van der Waals surface area contributed by atoms with Crippen LogP contribution in [0.2, 0.25) is 0 Å². The van der Waals surface area contributed by atoms with E-state index >= 15 is 0 Å². The number of hydrogen-bond acceptors (Lipinski definition) is 7. The minimum absolute atomic E-state index is 0.0228. The predicted octanol–water partition coefficient (Wildman–Crippen LogP) is 1.30. The summed E-state index contributed by atoms with van der Waals surface area (Å²) in [6.45, 7) is 1.28. The van der Waals surface area contributed by atoms with Gasteiger partial charge >= 0.3 is 0 Å². The Labute approximate surface area is 149 Å². The van der Waals surface area contributed by atoms with Gasteiger partial charge in [0.25, 0.3) is 5.88 Å². The molecule has 1 aromatic heterocycles. The van der Waals surface area contributed by atoms with Gasteiger partial charge in [0.2, 0.25) is 18.4 Å². The topological polar surface area (TPSA) is 97.6 Å². The number of benzene rings is 1. The summed E-state index contributed by atoms with van der Waals surface area (Å²) < 4.78 is 16.4. The Hall–Kier alpha value is -3.34. The van der Waals surface area contributed by atoms with Crippen molar-refractivity contribution in [3.05, 3.63) is 41.9 Å². The van der Waals surface area contributed by atoms with Crippen molar-refractivity contribution >= 4 is 5.91 Å². The van der Waals surface area contributed by atoms with E-state index in [0.29, 0.717) is 31.0 Å². The normalized spacial score (nSPS) is 17.8. The van der Waals surface area contributed by atoms with Gasteiger partial charge in [-0.1, -0.05) is 6.07 Å². The largest absolute Gasteiger partial charge is 0.470 e. The fraction of sp³-hybridized carbons (Fsp3) is 0.333. The van der Waals surface area contributed by atoms with E-state index in [4.69, 9.17) is 19.5 Å². The highest BCUT2D eigenvalue weighted by Gasteiger charge is 2.29. The van der Waals surface area contributed by atoms with Crippen molar-refractivity contribution in [2.75, 3.05) is 19.9 Å². The van der Waals surface area contributed by atoms with E-state index in [9.17, 15) is 4.79 Å². The number of amides is 1. The molecule has 3 heterocycles. The van der Waals surface area contributed by atoms with Crippen LogP contribution in [0.3, 0.4) is 0 Å². The van der Waals surface area contributed by atoms with Gasteiger partial charge in [-0.15, -0.1) is 0 Å².